The van der Waals surface area contributed by atoms with Crippen molar-refractivity contribution in [1.29, 1.82) is 0 Å². The Bertz CT molecular complexity index is 1280. The summed E-state index contributed by atoms with van der Waals surface area (Å²) >= 11 is 0. The molecule has 148 valence electrons. The second-order valence-corrected chi connectivity index (χ2v) is 7.40. The van der Waals surface area contributed by atoms with Crippen molar-refractivity contribution in [2.75, 3.05) is 0 Å². The molecule has 0 saturated heterocycles. The van der Waals surface area contributed by atoms with Crippen molar-refractivity contribution in [3.63, 3.8) is 0 Å². The molecular weight excluding hydrogens is 376 g/mol. The minimum atomic E-state index is -1.88. The number of aromatic nitrogens is 2. The maximum atomic E-state index is 13.1. The minimum absolute atomic E-state index is 0.0365. The van der Waals surface area contributed by atoms with Crippen LogP contribution in [-0.4, -0.2) is 30.8 Å². The Morgan fingerprint density at radius 3 is 2.79 bits per heavy atom. The molecule has 8 heteroatoms. The molecule has 3 N–H and O–H groups in total. The highest BCUT2D eigenvalue weighted by molar-refractivity contribution is 5.91. The Balaban J connectivity index is 1.82. The maximum absolute atomic E-state index is 13.1. The molecule has 2 aliphatic heterocycles. The average molecular weight is 394 g/mol. The first-order valence-corrected chi connectivity index (χ1v) is 9.31. The minimum Gasteiger partial charge on any atom is -0.507 e. The van der Waals surface area contributed by atoms with Crippen molar-refractivity contribution in [2.45, 2.75) is 38.7 Å². The number of benzene rings is 1. The first-order valence-electron chi connectivity index (χ1n) is 9.31. The number of nitrogens with zero attached hydrogens (tertiary/aromatic N) is 2. The van der Waals surface area contributed by atoms with Crippen molar-refractivity contribution >= 4 is 16.9 Å². The van der Waals surface area contributed by atoms with E-state index in [1.807, 2.05) is 0 Å². The van der Waals surface area contributed by atoms with Gasteiger partial charge >= 0.3 is 5.97 Å². The zero-order valence-corrected chi connectivity index (χ0v) is 15.6. The Labute approximate surface area is 164 Å². The highest BCUT2D eigenvalue weighted by Crippen LogP contribution is 2.39. The molecule has 3 aromatic rings. The molecule has 0 unspecified atom stereocenters. The standard InChI is InChI=1S/C21H18N2O6/c1-2-21(28)14-6-15-18-11(7-23(15)19(26)13(14)9-29-20(21)27)5-12-16(25)4-3-10(8-24)17(12)22-18/h3-6,24-25,28H,2,7-9H2,1H3/t21-/m0/s1. The lowest BCUT2D eigenvalue weighted by Gasteiger charge is -2.31. The van der Waals surface area contributed by atoms with E-state index in [-0.39, 0.29) is 48.6 Å². The molecule has 0 amide bonds. The predicted molar refractivity (Wildman–Crippen MR) is 102 cm³/mol. The second-order valence-electron chi connectivity index (χ2n) is 7.40. The highest BCUT2D eigenvalue weighted by atomic mass is 16.6. The number of esters is 1. The number of hydrogen-bond donors (Lipinski definition) is 3. The average Bonchev–Trinajstić information content (AvgIpc) is 3.09. The molecule has 0 saturated carbocycles. The topological polar surface area (TPSA) is 122 Å². The lowest BCUT2D eigenvalue weighted by atomic mass is 9.86. The van der Waals surface area contributed by atoms with Gasteiger partial charge in [-0.25, -0.2) is 9.78 Å². The van der Waals surface area contributed by atoms with Crippen LogP contribution in [0.4, 0.5) is 0 Å². The van der Waals surface area contributed by atoms with E-state index in [1.165, 1.54) is 10.6 Å². The van der Waals surface area contributed by atoms with Gasteiger partial charge in [0.15, 0.2) is 5.60 Å². The number of carbonyl (C=O) groups is 1. The summed E-state index contributed by atoms with van der Waals surface area (Å²) in [5.74, 6) is -0.733. The lowest BCUT2D eigenvalue weighted by molar-refractivity contribution is -0.172. The van der Waals surface area contributed by atoms with Crippen LogP contribution in [0.25, 0.3) is 22.3 Å². The molecule has 5 rings (SSSR count). The van der Waals surface area contributed by atoms with Gasteiger partial charge < -0.3 is 24.6 Å². The van der Waals surface area contributed by atoms with Crippen molar-refractivity contribution in [1.82, 2.24) is 9.55 Å². The quantitative estimate of drug-likeness (QED) is 0.438. The summed E-state index contributed by atoms with van der Waals surface area (Å²) in [5.41, 5.74) is 1.02. The Morgan fingerprint density at radius 2 is 2.07 bits per heavy atom. The van der Waals surface area contributed by atoms with Gasteiger partial charge in [0.1, 0.15) is 12.4 Å². The van der Waals surface area contributed by atoms with Crippen LogP contribution in [0.1, 0.15) is 35.6 Å². The van der Waals surface area contributed by atoms with E-state index in [4.69, 9.17) is 4.74 Å². The van der Waals surface area contributed by atoms with Crippen LogP contribution >= 0.6 is 0 Å². The summed E-state index contributed by atoms with van der Waals surface area (Å²) in [6.07, 6.45) is 0.0717. The first kappa shape index (κ1) is 17.8. The number of phenols is 1. The molecule has 8 nitrogen and oxygen atoms in total. The molecule has 1 aromatic carbocycles. The first-order chi connectivity index (χ1) is 13.9. The molecule has 29 heavy (non-hydrogen) atoms. The number of rotatable bonds is 2. The SMILES string of the molecule is CC[C@@]1(O)C(=O)OCc2c1cc1n(c2=O)Cc2cc3c(O)ccc(CO)c3nc2-1. The normalized spacial score (nSPS) is 19.6. The smallest absolute Gasteiger partial charge is 0.343 e. The van der Waals surface area contributed by atoms with Gasteiger partial charge in [-0.1, -0.05) is 13.0 Å². The van der Waals surface area contributed by atoms with Crippen LogP contribution in [0.3, 0.4) is 0 Å². The van der Waals surface area contributed by atoms with Crippen LogP contribution in [-0.2, 0) is 34.9 Å². The number of pyridine rings is 2. The van der Waals surface area contributed by atoms with E-state index in [0.29, 0.717) is 27.9 Å². The summed E-state index contributed by atoms with van der Waals surface area (Å²) in [6, 6.07) is 6.48. The van der Waals surface area contributed by atoms with Gasteiger partial charge in [-0.2, -0.15) is 0 Å². The lowest BCUT2D eigenvalue weighted by Crippen LogP contribution is -2.44. The van der Waals surface area contributed by atoms with E-state index in [9.17, 15) is 24.9 Å². The zero-order valence-electron chi connectivity index (χ0n) is 15.6. The molecule has 0 bridgehead atoms. The van der Waals surface area contributed by atoms with Crippen molar-refractivity contribution < 1.29 is 24.9 Å². The molecule has 0 spiro atoms. The number of aliphatic hydroxyl groups is 2. The van der Waals surface area contributed by atoms with E-state index in [1.54, 1.807) is 25.1 Å². The van der Waals surface area contributed by atoms with Crippen LogP contribution in [0, 0.1) is 0 Å². The molecule has 4 heterocycles. The Kier molecular flexibility index (Phi) is 3.62. The fourth-order valence-corrected chi connectivity index (χ4v) is 4.24. The van der Waals surface area contributed by atoms with Gasteiger partial charge in [-0.15, -0.1) is 0 Å². The van der Waals surface area contributed by atoms with Gasteiger partial charge in [-0.05, 0) is 24.6 Å². The van der Waals surface area contributed by atoms with Crippen molar-refractivity contribution in [3.8, 4) is 17.1 Å². The summed E-state index contributed by atoms with van der Waals surface area (Å²) in [5, 5.41) is 31.2. The van der Waals surface area contributed by atoms with E-state index >= 15 is 0 Å². The van der Waals surface area contributed by atoms with Gasteiger partial charge in [-0.3, -0.25) is 4.79 Å². The predicted octanol–water partition coefficient (Wildman–Crippen LogP) is 1.28. The summed E-state index contributed by atoms with van der Waals surface area (Å²) in [4.78, 5) is 30.0. The van der Waals surface area contributed by atoms with Gasteiger partial charge in [0, 0.05) is 22.1 Å². The number of hydrogen-bond acceptors (Lipinski definition) is 7. The maximum Gasteiger partial charge on any atom is 0.343 e. The third-order valence-electron chi connectivity index (χ3n) is 5.91. The van der Waals surface area contributed by atoms with Crippen LogP contribution < -0.4 is 5.56 Å². The molecule has 2 aromatic heterocycles. The van der Waals surface area contributed by atoms with E-state index < -0.39 is 11.6 Å². The van der Waals surface area contributed by atoms with Crippen molar-refractivity contribution in [2.24, 2.45) is 0 Å². The third kappa shape index (κ3) is 2.24. The number of carbonyl (C=O) groups excluding carboxylic acids is 1. The zero-order chi connectivity index (χ0) is 20.5. The molecular formula is C21H18N2O6. The van der Waals surface area contributed by atoms with Crippen molar-refractivity contribution in [3.05, 3.63) is 56.9 Å². The summed E-state index contributed by atoms with van der Waals surface area (Å²) in [6.45, 7) is 1.47. The molecule has 2 aliphatic rings. The molecule has 0 fully saturated rings. The second kappa shape index (κ2) is 5.88. The fraction of sp³-hybridized carbons (Fsp3) is 0.286. The van der Waals surface area contributed by atoms with E-state index in [0.717, 1.165) is 5.56 Å². The van der Waals surface area contributed by atoms with Crippen LogP contribution in [0.2, 0.25) is 0 Å². The molecule has 0 radical (unpaired) electrons. The number of fused-ring (bicyclic) bond motifs is 5. The number of cyclic esters (lactones) is 1. The number of aliphatic hydroxyl groups excluding tert-OH is 1. The number of aromatic hydroxyl groups is 1. The van der Waals surface area contributed by atoms with Crippen LogP contribution in [0.15, 0.2) is 29.1 Å². The fourth-order valence-electron chi connectivity index (χ4n) is 4.24. The van der Waals surface area contributed by atoms with Gasteiger partial charge in [0.2, 0.25) is 0 Å². The molecule has 1 atom stereocenters. The van der Waals surface area contributed by atoms with Gasteiger partial charge in [0.05, 0.1) is 35.6 Å². The summed E-state index contributed by atoms with van der Waals surface area (Å²) < 4.78 is 6.59. The van der Waals surface area contributed by atoms with Crippen LogP contribution in [0.5, 0.6) is 5.75 Å². The Hall–Kier alpha value is -3.23. The largest absolute Gasteiger partial charge is 0.507 e. The third-order valence-corrected chi connectivity index (χ3v) is 5.91. The summed E-state index contributed by atoms with van der Waals surface area (Å²) in [7, 11) is 0. The number of phenolic OH excluding ortho intramolecular Hbond substituents is 1. The monoisotopic (exact) mass is 394 g/mol. The molecule has 0 aliphatic carbocycles. The number of ether oxygens (including phenoxy) is 1. The Morgan fingerprint density at radius 1 is 1.28 bits per heavy atom. The van der Waals surface area contributed by atoms with Gasteiger partial charge in [0.25, 0.3) is 5.56 Å². The highest BCUT2D eigenvalue weighted by Gasteiger charge is 2.45. The van der Waals surface area contributed by atoms with E-state index in [2.05, 4.69) is 4.98 Å².